The third kappa shape index (κ3) is 3.39. The van der Waals surface area contributed by atoms with E-state index < -0.39 is 5.56 Å². The molecule has 1 saturated heterocycles. The molecule has 9 nitrogen and oxygen atoms in total. The third-order valence-corrected chi connectivity index (χ3v) is 4.44. The monoisotopic (exact) mass is 382 g/mol. The van der Waals surface area contributed by atoms with Gasteiger partial charge in [0.2, 0.25) is 0 Å². The molecule has 0 radical (unpaired) electrons. The van der Waals surface area contributed by atoms with Crippen molar-refractivity contribution in [2.45, 2.75) is 6.61 Å². The second kappa shape index (κ2) is 7.65. The van der Waals surface area contributed by atoms with Crippen LogP contribution in [0.4, 0.5) is 0 Å². The van der Waals surface area contributed by atoms with E-state index in [1.807, 2.05) is 30.3 Å². The van der Waals surface area contributed by atoms with Crippen LogP contribution >= 0.6 is 0 Å². The summed E-state index contributed by atoms with van der Waals surface area (Å²) in [6.45, 7) is 1.85. The zero-order valence-electron chi connectivity index (χ0n) is 14.9. The van der Waals surface area contributed by atoms with Crippen molar-refractivity contribution in [1.29, 1.82) is 0 Å². The predicted molar refractivity (Wildman–Crippen MR) is 98.9 cm³/mol. The van der Waals surface area contributed by atoms with E-state index in [1.54, 1.807) is 4.90 Å². The highest BCUT2D eigenvalue weighted by Crippen LogP contribution is 2.24. The van der Waals surface area contributed by atoms with Crippen molar-refractivity contribution in [2.24, 2.45) is 0 Å². The Morgan fingerprint density at radius 3 is 2.68 bits per heavy atom. The number of fused-ring (bicyclic) bond motifs is 1. The van der Waals surface area contributed by atoms with Gasteiger partial charge < -0.3 is 19.6 Å². The van der Waals surface area contributed by atoms with Crippen LogP contribution in [0, 0.1) is 0 Å². The van der Waals surface area contributed by atoms with Crippen LogP contribution in [-0.2, 0) is 11.3 Å². The molecular formula is C19H18N4O5. The number of ether oxygens (including phenoxy) is 1. The van der Waals surface area contributed by atoms with E-state index >= 15 is 0 Å². The Labute approximate surface area is 159 Å². The highest BCUT2D eigenvalue weighted by atomic mass is 16.7. The number of rotatable bonds is 4. The number of nitrogens with zero attached hydrogens (tertiary/aromatic N) is 4. The number of pyridine rings is 1. The molecule has 1 aliphatic rings. The Bertz CT molecular complexity index is 1060. The molecule has 2 aromatic heterocycles. The summed E-state index contributed by atoms with van der Waals surface area (Å²) >= 11 is 0. The minimum absolute atomic E-state index is 0.0152. The van der Waals surface area contributed by atoms with Gasteiger partial charge in [-0.15, -0.1) is 4.73 Å². The Balaban J connectivity index is 1.75. The SMILES string of the molecule is O=C(c1ncnc2c1c(O)cc(=O)n2OCc1ccccc1)N1CCOCC1. The molecule has 0 aliphatic carbocycles. The maximum Gasteiger partial charge on any atom is 0.288 e. The maximum absolute atomic E-state index is 12.9. The van der Waals surface area contributed by atoms with Gasteiger partial charge >= 0.3 is 0 Å². The van der Waals surface area contributed by atoms with Crippen LogP contribution in [0.5, 0.6) is 5.75 Å². The molecule has 1 fully saturated rings. The molecule has 0 atom stereocenters. The predicted octanol–water partition coefficient (Wildman–Crippen LogP) is 0.598. The molecule has 4 rings (SSSR count). The molecule has 0 bridgehead atoms. The van der Waals surface area contributed by atoms with Gasteiger partial charge in [-0.25, -0.2) is 9.97 Å². The summed E-state index contributed by atoms with van der Waals surface area (Å²) < 4.78 is 6.24. The van der Waals surface area contributed by atoms with Crippen LogP contribution in [-0.4, -0.2) is 56.9 Å². The molecule has 1 amide bonds. The number of morpholine rings is 1. The fourth-order valence-corrected chi connectivity index (χ4v) is 3.03. The van der Waals surface area contributed by atoms with Gasteiger partial charge in [0.25, 0.3) is 11.5 Å². The Hall–Kier alpha value is -3.46. The molecule has 0 unspecified atom stereocenters. The van der Waals surface area contributed by atoms with Crippen LogP contribution in [0.2, 0.25) is 0 Å². The van der Waals surface area contributed by atoms with E-state index in [9.17, 15) is 14.7 Å². The molecule has 144 valence electrons. The number of carbonyl (C=O) groups is 1. The van der Waals surface area contributed by atoms with Gasteiger partial charge in [-0.1, -0.05) is 30.3 Å². The lowest BCUT2D eigenvalue weighted by atomic mass is 10.2. The first-order valence-electron chi connectivity index (χ1n) is 8.79. The highest BCUT2D eigenvalue weighted by molar-refractivity contribution is 6.05. The summed E-state index contributed by atoms with van der Waals surface area (Å²) in [5.41, 5.74) is 0.313. The molecule has 0 spiro atoms. The minimum Gasteiger partial charge on any atom is -0.507 e. The summed E-state index contributed by atoms with van der Waals surface area (Å²) in [7, 11) is 0. The Kier molecular flexibility index (Phi) is 4.90. The minimum atomic E-state index is -0.593. The maximum atomic E-state index is 12.9. The molecule has 0 saturated carbocycles. The highest BCUT2D eigenvalue weighted by Gasteiger charge is 2.25. The summed E-state index contributed by atoms with van der Waals surface area (Å²) in [6, 6.07) is 10.3. The standard InChI is InChI=1S/C19H18N4O5/c24-14-10-15(25)23(28-11-13-4-2-1-3-5-13)18-16(14)17(20-12-21-18)19(26)22-6-8-27-9-7-22/h1-5,10,12,24H,6-9,11H2. The summed E-state index contributed by atoms with van der Waals surface area (Å²) in [6.07, 6.45) is 1.18. The first-order valence-corrected chi connectivity index (χ1v) is 8.79. The molecule has 3 aromatic rings. The number of carbonyl (C=O) groups excluding carboxylic acids is 1. The number of amides is 1. The van der Waals surface area contributed by atoms with E-state index in [0.717, 1.165) is 16.4 Å². The lowest BCUT2D eigenvalue weighted by molar-refractivity contribution is 0.0300. The van der Waals surface area contributed by atoms with E-state index in [1.165, 1.54) is 6.33 Å². The summed E-state index contributed by atoms with van der Waals surface area (Å²) in [5.74, 6) is -0.726. The summed E-state index contributed by atoms with van der Waals surface area (Å²) in [4.78, 5) is 40.6. The lowest BCUT2D eigenvalue weighted by Gasteiger charge is -2.26. The number of hydrogen-bond donors (Lipinski definition) is 1. The quantitative estimate of drug-likeness (QED) is 0.704. The third-order valence-electron chi connectivity index (χ3n) is 4.44. The normalized spacial score (nSPS) is 14.2. The van der Waals surface area contributed by atoms with E-state index in [2.05, 4.69) is 9.97 Å². The van der Waals surface area contributed by atoms with Crippen molar-refractivity contribution in [3.05, 3.63) is 64.3 Å². The number of hydrogen-bond acceptors (Lipinski definition) is 7. The smallest absolute Gasteiger partial charge is 0.288 e. The van der Waals surface area contributed by atoms with Gasteiger partial charge in [-0.2, -0.15) is 0 Å². The van der Waals surface area contributed by atoms with Gasteiger partial charge in [-0.3, -0.25) is 9.59 Å². The van der Waals surface area contributed by atoms with Gasteiger partial charge in [0.1, 0.15) is 24.4 Å². The average Bonchev–Trinajstić information content (AvgIpc) is 2.74. The van der Waals surface area contributed by atoms with Gasteiger partial charge in [0.15, 0.2) is 5.65 Å². The van der Waals surface area contributed by atoms with Crippen molar-refractivity contribution < 1.29 is 19.5 Å². The van der Waals surface area contributed by atoms with Gasteiger partial charge in [0, 0.05) is 19.2 Å². The topological polar surface area (TPSA) is 107 Å². The van der Waals surface area contributed by atoms with Gasteiger partial charge in [0.05, 0.1) is 18.6 Å². The van der Waals surface area contributed by atoms with Gasteiger partial charge in [-0.05, 0) is 5.56 Å². The zero-order valence-corrected chi connectivity index (χ0v) is 14.9. The average molecular weight is 382 g/mol. The Morgan fingerprint density at radius 1 is 1.18 bits per heavy atom. The molecule has 28 heavy (non-hydrogen) atoms. The van der Waals surface area contributed by atoms with Crippen LogP contribution in [0.15, 0.2) is 47.5 Å². The zero-order chi connectivity index (χ0) is 19.5. The van der Waals surface area contributed by atoms with Crippen LogP contribution in [0.3, 0.4) is 0 Å². The second-order valence-corrected chi connectivity index (χ2v) is 6.25. The first kappa shape index (κ1) is 17.9. The van der Waals surface area contributed by atoms with Crippen molar-refractivity contribution in [2.75, 3.05) is 26.3 Å². The fraction of sp³-hybridized carbons (Fsp3) is 0.263. The lowest BCUT2D eigenvalue weighted by Crippen LogP contribution is -2.41. The van der Waals surface area contributed by atoms with E-state index in [-0.39, 0.29) is 35.0 Å². The number of benzene rings is 1. The largest absolute Gasteiger partial charge is 0.507 e. The molecule has 9 heteroatoms. The number of aromatic nitrogens is 3. The van der Waals surface area contributed by atoms with E-state index in [4.69, 9.17) is 9.57 Å². The molecule has 3 heterocycles. The fourth-order valence-electron chi connectivity index (χ4n) is 3.03. The van der Waals surface area contributed by atoms with Crippen LogP contribution in [0.25, 0.3) is 11.0 Å². The molecule has 1 aliphatic heterocycles. The number of aromatic hydroxyl groups is 1. The Morgan fingerprint density at radius 2 is 1.93 bits per heavy atom. The second-order valence-electron chi connectivity index (χ2n) is 6.25. The molecule has 1 N–H and O–H groups in total. The van der Waals surface area contributed by atoms with Crippen LogP contribution < -0.4 is 10.4 Å². The van der Waals surface area contributed by atoms with Crippen molar-refractivity contribution in [3.8, 4) is 5.75 Å². The first-order chi connectivity index (χ1) is 13.6. The summed E-state index contributed by atoms with van der Waals surface area (Å²) in [5, 5.41) is 10.4. The van der Waals surface area contributed by atoms with E-state index in [0.29, 0.717) is 26.3 Å². The van der Waals surface area contributed by atoms with Crippen molar-refractivity contribution in [3.63, 3.8) is 0 Å². The van der Waals surface area contributed by atoms with Crippen molar-refractivity contribution >= 4 is 16.9 Å². The molecular weight excluding hydrogens is 364 g/mol. The van der Waals surface area contributed by atoms with Crippen LogP contribution in [0.1, 0.15) is 16.1 Å². The molecule has 1 aromatic carbocycles. The van der Waals surface area contributed by atoms with Crippen molar-refractivity contribution in [1.82, 2.24) is 19.6 Å².